The maximum absolute atomic E-state index is 11.8. The summed E-state index contributed by atoms with van der Waals surface area (Å²) in [4.78, 5) is 24.5. The van der Waals surface area contributed by atoms with Crippen molar-refractivity contribution in [1.82, 2.24) is 24.8 Å². The maximum atomic E-state index is 11.8. The average molecular weight is 374 g/mol. The molecular weight excluding hydrogens is 356 g/mol. The lowest BCUT2D eigenvalue weighted by Crippen LogP contribution is -2.41. The van der Waals surface area contributed by atoms with E-state index in [9.17, 15) is 15.0 Å². The van der Waals surface area contributed by atoms with Crippen LogP contribution in [-0.2, 0) is 16.1 Å². The molecule has 0 aromatic carbocycles. The molecule has 1 amide bonds. The summed E-state index contributed by atoms with van der Waals surface area (Å²) in [6, 6.07) is 3.61. The average Bonchev–Trinajstić information content (AvgIpc) is 3.40. The van der Waals surface area contributed by atoms with Crippen molar-refractivity contribution >= 4 is 22.9 Å². The van der Waals surface area contributed by atoms with E-state index in [1.165, 1.54) is 24.3 Å². The number of hydrogen-bond donors (Lipinski definition) is 4. The second-order valence-electron chi connectivity index (χ2n) is 6.02. The minimum absolute atomic E-state index is 0.390. The number of rotatable bonds is 5. The number of aliphatic hydroxyl groups excluding tert-OH is 2. The molecule has 3 aromatic rings. The molecule has 1 saturated heterocycles. The Bertz CT molecular complexity index is 942. The van der Waals surface area contributed by atoms with Crippen LogP contribution in [0.25, 0.3) is 11.2 Å². The quantitative estimate of drug-likeness (QED) is 0.459. The summed E-state index contributed by atoms with van der Waals surface area (Å²) in [5.41, 5.74) is 0.846. The molecule has 142 valence electrons. The van der Waals surface area contributed by atoms with Crippen LogP contribution in [0.3, 0.4) is 0 Å². The van der Waals surface area contributed by atoms with Crippen molar-refractivity contribution in [3.05, 3.63) is 36.8 Å². The van der Waals surface area contributed by atoms with E-state index in [-0.39, 0.29) is 0 Å². The SMILES string of the molecule is CNC(=O)[C@H]1O[C@H](n2cnc3c(NCc4ccco4)ncnc32)[C@H](O)[C@@H]1O. The number of nitrogens with zero attached hydrogens (tertiary/aromatic N) is 4. The highest BCUT2D eigenvalue weighted by atomic mass is 16.6. The first-order valence-electron chi connectivity index (χ1n) is 8.27. The molecule has 27 heavy (non-hydrogen) atoms. The fourth-order valence-corrected chi connectivity index (χ4v) is 3.00. The summed E-state index contributed by atoms with van der Waals surface area (Å²) >= 11 is 0. The largest absolute Gasteiger partial charge is 0.467 e. The number of anilines is 1. The summed E-state index contributed by atoms with van der Waals surface area (Å²) in [5.74, 6) is 0.683. The predicted molar refractivity (Wildman–Crippen MR) is 91.3 cm³/mol. The van der Waals surface area contributed by atoms with Crippen molar-refractivity contribution in [2.75, 3.05) is 12.4 Å². The molecule has 0 unspecified atom stereocenters. The summed E-state index contributed by atoms with van der Waals surface area (Å²) < 4.78 is 12.3. The van der Waals surface area contributed by atoms with Gasteiger partial charge in [-0.3, -0.25) is 9.36 Å². The first kappa shape index (κ1) is 17.4. The molecular formula is C16H18N6O5. The minimum Gasteiger partial charge on any atom is -0.467 e. The summed E-state index contributed by atoms with van der Waals surface area (Å²) in [5, 5.41) is 26.0. The highest BCUT2D eigenvalue weighted by Gasteiger charge is 2.47. The van der Waals surface area contributed by atoms with Crippen LogP contribution in [-0.4, -0.2) is 61.0 Å². The third kappa shape index (κ3) is 3.01. The summed E-state index contributed by atoms with van der Waals surface area (Å²) in [6.45, 7) is 0.409. The zero-order valence-corrected chi connectivity index (χ0v) is 14.3. The monoisotopic (exact) mass is 374 g/mol. The van der Waals surface area contributed by atoms with Gasteiger partial charge in [0.2, 0.25) is 0 Å². The molecule has 11 nitrogen and oxygen atoms in total. The molecule has 0 radical (unpaired) electrons. The van der Waals surface area contributed by atoms with Gasteiger partial charge in [-0.1, -0.05) is 0 Å². The van der Waals surface area contributed by atoms with Crippen LogP contribution in [0.4, 0.5) is 5.82 Å². The zero-order valence-electron chi connectivity index (χ0n) is 14.3. The Morgan fingerprint density at radius 2 is 2.15 bits per heavy atom. The molecule has 4 rings (SSSR count). The number of likely N-dealkylation sites (N-methyl/N-ethyl adjacent to an activating group) is 1. The van der Waals surface area contributed by atoms with Crippen LogP contribution < -0.4 is 10.6 Å². The number of carbonyl (C=O) groups excluding carboxylic acids is 1. The second-order valence-corrected chi connectivity index (χ2v) is 6.02. The van der Waals surface area contributed by atoms with Gasteiger partial charge in [-0.05, 0) is 12.1 Å². The molecule has 0 spiro atoms. The Labute approximate surface area is 153 Å². The highest BCUT2D eigenvalue weighted by molar-refractivity contribution is 5.83. The summed E-state index contributed by atoms with van der Waals surface area (Å²) in [7, 11) is 1.43. The molecule has 0 aliphatic carbocycles. The van der Waals surface area contributed by atoms with Crippen molar-refractivity contribution in [3.63, 3.8) is 0 Å². The number of hydrogen-bond acceptors (Lipinski definition) is 9. The highest BCUT2D eigenvalue weighted by Crippen LogP contribution is 2.32. The van der Waals surface area contributed by atoms with Crippen LogP contribution in [0.1, 0.15) is 12.0 Å². The number of ether oxygens (including phenoxy) is 1. The molecule has 4 N–H and O–H groups in total. The minimum atomic E-state index is -1.37. The zero-order chi connectivity index (χ0) is 19.0. The van der Waals surface area contributed by atoms with Gasteiger partial charge in [0.05, 0.1) is 19.1 Å². The van der Waals surface area contributed by atoms with Crippen molar-refractivity contribution in [2.24, 2.45) is 0 Å². The Morgan fingerprint density at radius 3 is 2.89 bits per heavy atom. The van der Waals surface area contributed by atoms with Crippen LogP contribution in [0.5, 0.6) is 0 Å². The third-order valence-corrected chi connectivity index (χ3v) is 4.39. The molecule has 3 aromatic heterocycles. The number of carbonyl (C=O) groups is 1. The molecule has 4 atom stereocenters. The van der Waals surface area contributed by atoms with E-state index in [0.717, 1.165) is 5.76 Å². The van der Waals surface area contributed by atoms with E-state index < -0.39 is 30.4 Å². The molecule has 4 heterocycles. The van der Waals surface area contributed by atoms with Crippen LogP contribution in [0, 0.1) is 0 Å². The van der Waals surface area contributed by atoms with E-state index in [4.69, 9.17) is 9.15 Å². The van der Waals surface area contributed by atoms with E-state index >= 15 is 0 Å². The predicted octanol–water partition coefficient (Wildman–Crippen LogP) is -0.603. The first-order chi connectivity index (χ1) is 13.1. The normalized spacial score (nSPS) is 25.0. The molecule has 1 fully saturated rings. The standard InChI is InChI=1S/C16H18N6O5/c1-17-15(25)12-10(23)11(24)16(27-12)22-7-21-9-13(19-6-20-14(9)22)18-5-8-3-2-4-26-8/h2-4,6-7,10-12,16,23-24H,5H2,1H3,(H,17,25)(H,18,19,20)/t10-,11+,12-,16-/m0/s1. The van der Waals surface area contributed by atoms with Gasteiger partial charge in [0.1, 0.15) is 24.3 Å². The van der Waals surface area contributed by atoms with Crippen LogP contribution in [0.2, 0.25) is 0 Å². The van der Waals surface area contributed by atoms with Gasteiger partial charge in [-0.2, -0.15) is 0 Å². The molecule has 0 bridgehead atoms. The number of nitrogens with one attached hydrogen (secondary N) is 2. The molecule has 0 saturated carbocycles. The van der Waals surface area contributed by atoms with Crippen molar-refractivity contribution < 1.29 is 24.2 Å². The lowest BCUT2D eigenvalue weighted by Gasteiger charge is -2.16. The number of aliphatic hydroxyl groups is 2. The number of fused-ring (bicyclic) bond motifs is 1. The maximum Gasteiger partial charge on any atom is 0.251 e. The Kier molecular flexibility index (Phi) is 4.48. The number of furan rings is 1. The fraction of sp³-hybridized carbons (Fsp3) is 0.375. The van der Waals surface area contributed by atoms with Crippen molar-refractivity contribution in [1.29, 1.82) is 0 Å². The van der Waals surface area contributed by atoms with Gasteiger partial charge < -0.3 is 30.0 Å². The van der Waals surface area contributed by atoms with Crippen LogP contribution in [0.15, 0.2) is 35.5 Å². The number of amides is 1. The number of aromatic nitrogens is 4. The van der Waals surface area contributed by atoms with E-state index in [2.05, 4.69) is 25.6 Å². The first-order valence-corrected chi connectivity index (χ1v) is 8.27. The smallest absolute Gasteiger partial charge is 0.251 e. The van der Waals surface area contributed by atoms with E-state index in [0.29, 0.717) is 23.5 Å². The topological polar surface area (TPSA) is 148 Å². The van der Waals surface area contributed by atoms with Crippen molar-refractivity contribution in [3.8, 4) is 0 Å². The molecule has 11 heteroatoms. The van der Waals surface area contributed by atoms with E-state index in [1.807, 2.05) is 6.07 Å². The van der Waals surface area contributed by atoms with Gasteiger partial charge >= 0.3 is 0 Å². The van der Waals surface area contributed by atoms with Gasteiger partial charge in [0, 0.05) is 7.05 Å². The van der Waals surface area contributed by atoms with E-state index in [1.54, 1.807) is 12.3 Å². The van der Waals surface area contributed by atoms with Gasteiger partial charge in [-0.25, -0.2) is 15.0 Å². The molecule has 1 aliphatic rings. The van der Waals surface area contributed by atoms with Crippen molar-refractivity contribution in [2.45, 2.75) is 31.1 Å². The number of imidazole rings is 1. The van der Waals surface area contributed by atoms with Gasteiger partial charge in [0.15, 0.2) is 29.3 Å². The fourth-order valence-electron chi connectivity index (χ4n) is 3.00. The lowest BCUT2D eigenvalue weighted by molar-refractivity contribution is -0.137. The van der Waals surface area contributed by atoms with Gasteiger partial charge in [-0.15, -0.1) is 0 Å². The Balaban J connectivity index is 1.62. The molecule has 1 aliphatic heterocycles. The summed E-state index contributed by atoms with van der Waals surface area (Å²) in [6.07, 6.45) is -0.548. The Hall–Kier alpha value is -3.02. The second kappa shape index (κ2) is 6.95. The van der Waals surface area contributed by atoms with Crippen LogP contribution >= 0.6 is 0 Å². The third-order valence-electron chi connectivity index (χ3n) is 4.39. The van der Waals surface area contributed by atoms with Gasteiger partial charge in [0.25, 0.3) is 5.91 Å². The Morgan fingerprint density at radius 1 is 1.30 bits per heavy atom. The lowest BCUT2D eigenvalue weighted by atomic mass is 10.1.